The van der Waals surface area contributed by atoms with Crippen LogP contribution in [-0.2, 0) is 4.74 Å². The van der Waals surface area contributed by atoms with Crippen molar-refractivity contribution < 1.29 is 19.0 Å². The Balaban J connectivity index is 1.57. The molecular formula is C19H21N3O4. The van der Waals surface area contributed by atoms with Crippen molar-refractivity contribution in [2.75, 3.05) is 38.6 Å². The number of amides is 1. The molecule has 2 aliphatic heterocycles. The molecular weight excluding hydrogens is 334 g/mol. The normalized spacial score (nSPS) is 19.3. The highest BCUT2D eigenvalue weighted by Gasteiger charge is 2.30. The van der Waals surface area contributed by atoms with E-state index in [0.717, 1.165) is 11.4 Å². The summed E-state index contributed by atoms with van der Waals surface area (Å²) < 4.78 is 17.1. The average molecular weight is 355 g/mol. The zero-order valence-electron chi connectivity index (χ0n) is 14.6. The first-order valence-corrected chi connectivity index (χ1v) is 8.65. The molecule has 26 heavy (non-hydrogen) atoms. The number of morpholine rings is 1. The number of rotatable bonds is 2. The molecule has 1 saturated heterocycles. The number of ether oxygens (including phenoxy) is 3. The monoisotopic (exact) mass is 355 g/mol. The van der Waals surface area contributed by atoms with Gasteiger partial charge in [0.15, 0.2) is 11.5 Å². The van der Waals surface area contributed by atoms with Crippen molar-refractivity contribution in [1.29, 1.82) is 0 Å². The molecule has 136 valence electrons. The SMILES string of the molecule is Cc1cc(N)cc(C2CN(C(=O)c3cccc4c3OCCO4)CCO2)n1. The minimum atomic E-state index is -0.299. The van der Waals surface area contributed by atoms with Crippen LogP contribution in [0.4, 0.5) is 5.69 Å². The molecule has 1 aromatic heterocycles. The maximum absolute atomic E-state index is 13.1. The van der Waals surface area contributed by atoms with Crippen LogP contribution >= 0.6 is 0 Å². The lowest BCUT2D eigenvalue weighted by atomic mass is 10.1. The summed E-state index contributed by atoms with van der Waals surface area (Å²) in [5.41, 5.74) is 8.65. The Kier molecular flexibility index (Phi) is 4.38. The van der Waals surface area contributed by atoms with E-state index >= 15 is 0 Å². The molecule has 0 spiro atoms. The standard InChI is InChI=1S/C19H21N3O4/c1-12-9-13(20)10-15(21-12)17-11-22(5-6-24-17)19(23)14-3-2-4-16-18(14)26-8-7-25-16/h2-4,9-10,17H,5-8,11H2,1H3,(H2,20,21). The number of carbonyl (C=O) groups is 1. The van der Waals surface area contributed by atoms with Crippen molar-refractivity contribution in [3.8, 4) is 11.5 Å². The van der Waals surface area contributed by atoms with Crippen molar-refractivity contribution in [2.45, 2.75) is 13.0 Å². The number of hydrogen-bond acceptors (Lipinski definition) is 6. The van der Waals surface area contributed by atoms with Gasteiger partial charge in [-0.25, -0.2) is 0 Å². The molecule has 4 rings (SSSR count). The van der Waals surface area contributed by atoms with Gasteiger partial charge in [-0.05, 0) is 31.2 Å². The van der Waals surface area contributed by atoms with E-state index in [4.69, 9.17) is 19.9 Å². The van der Waals surface area contributed by atoms with Gasteiger partial charge >= 0.3 is 0 Å². The summed E-state index contributed by atoms with van der Waals surface area (Å²) in [4.78, 5) is 19.3. The maximum Gasteiger partial charge on any atom is 0.257 e. The van der Waals surface area contributed by atoms with Gasteiger partial charge in [0, 0.05) is 17.9 Å². The number of carbonyl (C=O) groups excluding carboxylic acids is 1. The van der Waals surface area contributed by atoms with Gasteiger partial charge in [0.1, 0.15) is 19.3 Å². The highest BCUT2D eigenvalue weighted by atomic mass is 16.6. The summed E-state index contributed by atoms with van der Waals surface area (Å²) in [6.45, 7) is 4.19. The summed E-state index contributed by atoms with van der Waals surface area (Å²) in [6, 6.07) is 8.99. The number of pyridine rings is 1. The van der Waals surface area contributed by atoms with Crippen LogP contribution in [0.1, 0.15) is 27.8 Å². The quantitative estimate of drug-likeness (QED) is 0.886. The van der Waals surface area contributed by atoms with Gasteiger partial charge in [0.2, 0.25) is 0 Å². The van der Waals surface area contributed by atoms with Gasteiger partial charge in [-0.2, -0.15) is 0 Å². The Morgan fingerprint density at radius 1 is 1.23 bits per heavy atom. The zero-order chi connectivity index (χ0) is 18.1. The molecule has 1 aromatic carbocycles. The topological polar surface area (TPSA) is 86.9 Å². The molecule has 1 amide bonds. The van der Waals surface area contributed by atoms with Crippen molar-refractivity contribution in [2.24, 2.45) is 0 Å². The number of anilines is 1. The molecule has 0 radical (unpaired) electrons. The summed E-state index contributed by atoms with van der Waals surface area (Å²) in [7, 11) is 0. The van der Waals surface area contributed by atoms with E-state index in [-0.39, 0.29) is 12.0 Å². The highest BCUT2D eigenvalue weighted by Crippen LogP contribution is 2.35. The number of aryl methyl sites for hydroxylation is 1. The molecule has 1 atom stereocenters. The van der Waals surface area contributed by atoms with Gasteiger partial charge in [-0.15, -0.1) is 0 Å². The van der Waals surface area contributed by atoms with Crippen LogP contribution in [0.3, 0.4) is 0 Å². The van der Waals surface area contributed by atoms with Gasteiger partial charge in [-0.3, -0.25) is 9.78 Å². The Morgan fingerprint density at radius 2 is 2.08 bits per heavy atom. The van der Waals surface area contributed by atoms with Crippen LogP contribution in [0.5, 0.6) is 11.5 Å². The summed E-state index contributed by atoms with van der Waals surface area (Å²) in [5, 5.41) is 0. The predicted molar refractivity (Wildman–Crippen MR) is 95.4 cm³/mol. The lowest BCUT2D eigenvalue weighted by Gasteiger charge is -2.33. The van der Waals surface area contributed by atoms with Gasteiger partial charge in [0.25, 0.3) is 5.91 Å². The van der Waals surface area contributed by atoms with E-state index < -0.39 is 0 Å². The lowest BCUT2D eigenvalue weighted by Crippen LogP contribution is -2.42. The van der Waals surface area contributed by atoms with Crippen molar-refractivity contribution in [3.05, 3.63) is 47.3 Å². The predicted octanol–water partition coefficient (Wildman–Crippen LogP) is 1.96. The van der Waals surface area contributed by atoms with Crippen LogP contribution < -0.4 is 15.2 Å². The highest BCUT2D eigenvalue weighted by molar-refractivity contribution is 5.98. The number of fused-ring (bicyclic) bond motifs is 1. The van der Waals surface area contributed by atoms with Gasteiger partial charge < -0.3 is 24.8 Å². The lowest BCUT2D eigenvalue weighted by molar-refractivity contribution is -0.0249. The fourth-order valence-corrected chi connectivity index (χ4v) is 3.31. The number of hydrogen-bond donors (Lipinski definition) is 1. The third-order valence-electron chi connectivity index (χ3n) is 4.48. The maximum atomic E-state index is 13.1. The van der Waals surface area contributed by atoms with E-state index in [1.54, 1.807) is 17.0 Å². The molecule has 0 saturated carbocycles. The van der Waals surface area contributed by atoms with Gasteiger partial charge in [0.05, 0.1) is 24.4 Å². The molecule has 2 aliphatic rings. The van der Waals surface area contributed by atoms with Crippen LogP contribution in [-0.4, -0.2) is 48.7 Å². The molecule has 0 bridgehead atoms. The molecule has 0 aliphatic carbocycles. The van der Waals surface area contributed by atoms with Crippen molar-refractivity contribution >= 4 is 11.6 Å². The largest absolute Gasteiger partial charge is 0.486 e. The molecule has 1 fully saturated rings. The Hall–Kier alpha value is -2.80. The van der Waals surface area contributed by atoms with Crippen LogP contribution in [0.25, 0.3) is 0 Å². The van der Waals surface area contributed by atoms with E-state index in [2.05, 4.69) is 4.98 Å². The second-order valence-electron chi connectivity index (χ2n) is 6.41. The van der Waals surface area contributed by atoms with Gasteiger partial charge in [-0.1, -0.05) is 6.07 Å². The summed E-state index contributed by atoms with van der Waals surface area (Å²) in [5.74, 6) is 1.03. The first kappa shape index (κ1) is 16.7. The molecule has 7 heteroatoms. The van der Waals surface area contributed by atoms with Crippen LogP contribution in [0.2, 0.25) is 0 Å². The minimum Gasteiger partial charge on any atom is -0.486 e. The molecule has 2 aromatic rings. The van der Waals surface area contributed by atoms with E-state index in [0.29, 0.717) is 55.7 Å². The van der Waals surface area contributed by atoms with Crippen LogP contribution in [0, 0.1) is 6.92 Å². The molecule has 3 heterocycles. The number of aromatic nitrogens is 1. The number of nitrogens with two attached hydrogens (primary N) is 1. The number of para-hydroxylation sites is 1. The zero-order valence-corrected chi connectivity index (χ0v) is 14.6. The minimum absolute atomic E-state index is 0.0960. The molecule has 1 unspecified atom stereocenters. The number of benzene rings is 1. The van der Waals surface area contributed by atoms with Crippen LogP contribution in [0.15, 0.2) is 30.3 Å². The van der Waals surface area contributed by atoms with E-state index in [1.165, 1.54) is 0 Å². The smallest absolute Gasteiger partial charge is 0.257 e. The van der Waals surface area contributed by atoms with E-state index in [9.17, 15) is 4.79 Å². The molecule has 7 nitrogen and oxygen atoms in total. The van der Waals surface area contributed by atoms with Crippen molar-refractivity contribution in [1.82, 2.24) is 9.88 Å². The summed E-state index contributed by atoms with van der Waals surface area (Å²) >= 11 is 0. The second-order valence-corrected chi connectivity index (χ2v) is 6.41. The molecule has 2 N–H and O–H groups in total. The Labute approximate surface area is 151 Å². The number of nitrogen functional groups attached to an aromatic ring is 1. The third kappa shape index (κ3) is 3.17. The summed E-state index contributed by atoms with van der Waals surface area (Å²) in [6.07, 6.45) is -0.299. The first-order chi connectivity index (χ1) is 12.6. The average Bonchev–Trinajstić information content (AvgIpc) is 2.66. The first-order valence-electron chi connectivity index (χ1n) is 8.65. The fraction of sp³-hybridized carbons (Fsp3) is 0.368. The Bertz CT molecular complexity index is 819. The second kappa shape index (κ2) is 6.84. The number of nitrogens with zero attached hydrogens (tertiary/aromatic N) is 2. The third-order valence-corrected chi connectivity index (χ3v) is 4.48. The fourth-order valence-electron chi connectivity index (χ4n) is 3.31. The Morgan fingerprint density at radius 3 is 2.92 bits per heavy atom. The van der Waals surface area contributed by atoms with E-state index in [1.807, 2.05) is 25.1 Å². The van der Waals surface area contributed by atoms with Crippen molar-refractivity contribution in [3.63, 3.8) is 0 Å².